The molecule has 17 heavy (non-hydrogen) atoms. The van der Waals surface area contributed by atoms with Crippen LogP contribution in [0.4, 0.5) is 0 Å². The molecule has 1 N–H and O–H groups in total. The van der Waals surface area contributed by atoms with E-state index in [1.165, 1.54) is 25.8 Å². The Morgan fingerprint density at radius 3 is 2.65 bits per heavy atom. The van der Waals surface area contributed by atoms with E-state index in [1.807, 2.05) is 0 Å². The number of nitrogens with zero attached hydrogens (tertiary/aromatic N) is 1. The minimum atomic E-state index is 0.532. The summed E-state index contributed by atoms with van der Waals surface area (Å²) >= 11 is 0. The van der Waals surface area contributed by atoms with Crippen LogP contribution in [0.5, 0.6) is 0 Å². The van der Waals surface area contributed by atoms with Gasteiger partial charge in [-0.2, -0.15) is 0 Å². The van der Waals surface area contributed by atoms with Crippen LogP contribution in [0.3, 0.4) is 0 Å². The zero-order valence-electron chi connectivity index (χ0n) is 11.7. The Kier molecular flexibility index (Phi) is 4.45. The van der Waals surface area contributed by atoms with Crippen molar-refractivity contribution in [2.24, 2.45) is 11.3 Å². The zero-order valence-corrected chi connectivity index (χ0v) is 11.7. The van der Waals surface area contributed by atoms with E-state index < -0.39 is 0 Å². The smallest absolute Gasteiger partial charge is 0.0594 e. The van der Waals surface area contributed by atoms with E-state index in [2.05, 4.69) is 31.1 Å². The minimum Gasteiger partial charge on any atom is -0.379 e. The molecule has 100 valence electrons. The lowest BCUT2D eigenvalue weighted by Gasteiger charge is -2.43. The van der Waals surface area contributed by atoms with Crippen molar-refractivity contribution in [3.05, 3.63) is 0 Å². The summed E-state index contributed by atoms with van der Waals surface area (Å²) in [4.78, 5) is 2.58. The first kappa shape index (κ1) is 13.3. The van der Waals surface area contributed by atoms with Crippen molar-refractivity contribution in [2.45, 2.75) is 39.2 Å². The highest BCUT2D eigenvalue weighted by Crippen LogP contribution is 2.39. The Morgan fingerprint density at radius 2 is 2.00 bits per heavy atom. The Bertz CT molecular complexity index is 236. The van der Waals surface area contributed by atoms with Crippen LogP contribution in [0.1, 0.15) is 33.1 Å². The van der Waals surface area contributed by atoms with Crippen molar-refractivity contribution in [1.29, 1.82) is 0 Å². The summed E-state index contributed by atoms with van der Waals surface area (Å²) in [5, 5.41) is 3.52. The molecule has 1 saturated heterocycles. The Balaban J connectivity index is 1.90. The molecule has 0 aromatic carbocycles. The molecule has 1 heterocycles. The van der Waals surface area contributed by atoms with Gasteiger partial charge in [0.1, 0.15) is 0 Å². The van der Waals surface area contributed by atoms with Gasteiger partial charge in [-0.15, -0.1) is 0 Å². The van der Waals surface area contributed by atoms with Crippen LogP contribution >= 0.6 is 0 Å². The average molecular weight is 240 g/mol. The van der Waals surface area contributed by atoms with Gasteiger partial charge in [-0.05, 0) is 37.6 Å². The summed E-state index contributed by atoms with van der Waals surface area (Å²) < 4.78 is 5.43. The third-order valence-electron chi connectivity index (χ3n) is 4.48. The maximum Gasteiger partial charge on any atom is 0.0594 e. The van der Waals surface area contributed by atoms with Crippen LogP contribution in [-0.4, -0.2) is 50.8 Å². The van der Waals surface area contributed by atoms with Gasteiger partial charge >= 0.3 is 0 Å². The standard InChI is InChI=1S/C14H28N2O/c1-14(2)5-4-13(15-3)12(10-14)11-16-6-8-17-9-7-16/h12-13,15H,4-11H2,1-3H3. The molecule has 2 rings (SSSR count). The highest BCUT2D eigenvalue weighted by molar-refractivity contribution is 4.89. The lowest BCUT2D eigenvalue weighted by Crippen LogP contribution is -2.48. The summed E-state index contributed by atoms with van der Waals surface area (Å²) in [5.74, 6) is 0.807. The molecular weight excluding hydrogens is 212 g/mol. The Hall–Kier alpha value is -0.120. The van der Waals surface area contributed by atoms with Crippen molar-refractivity contribution < 1.29 is 4.74 Å². The van der Waals surface area contributed by atoms with Crippen LogP contribution in [-0.2, 0) is 4.74 Å². The fraction of sp³-hybridized carbons (Fsp3) is 1.00. The average Bonchev–Trinajstić information content (AvgIpc) is 2.30. The predicted octanol–water partition coefficient (Wildman–Crippen LogP) is 1.73. The van der Waals surface area contributed by atoms with Gasteiger partial charge in [-0.3, -0.25) is 4.90 Å². The molecule has 2 unspecified atom stereocenters. The molecular formula is C14H28N2O. The van der Waals surface area contributed by atoms with Gasteiger partial charge in [0.15, 0.2) is 0 Å². The lowest BCUT2D eigenvalue weighted by molar-refractivity contribution is 0.0165. The molecule has 0 amide bonds. The minimum absolute atomic E-state index is 0.532. The van der Waals surface area contributed by atoms with Crippen LogP contribution in [0.25, 0.3) is 0 Å². The maximum absolute atomic E-state index is 5.43. The van der Waals surface area contributed by atoms with Crippen LogP contribution < -0.4 is 5.32 Å². The fourth-order valence-corrected chi connectivity index (χ4v) is 3.42. The molecule has 3 nitrogen and oxygen atoms in total. The van der Waals surface area contributed by atoms with E-state index in [1.54, 1.807) is 0 Å². The molecule has 2 fully saturated rings. The van der Waals surface area contributed by atoms with Crippen molar-refractivity contribution in [3.63, 3.8) is 0 Å². The molecule has 0 aromatic rings. The summed E-state index contributed by atoms with van der Waals surface area (Å²) in [7, 11) is 2.12. The Labute approximate surface area is 106 Å². The second-order valence-corrected chi connectivity index (χ2v) is 6.48. The van der Waals surface area contributed by atoms with Crippen LogP contribution in [0, 0.1) is 11.3 Å². The second-order valence-electron chi connectivity index (χ2n) is 6.48. The SMILES string of the molecule is CNC1CCC(C)(C)CC1CN1CCOCC1. The van der Waals surface area contributed by atoms with Crippen LogP contribution in [0.15, 0.2) is 0 Å². The van der Waals surface area contributed by atoms with Crippen molar-refractivity contribution >= 4 is 0 Å². The van der Waals surface area contributed by atoms with E-state index in [-0.39, 0.29) is 0 Å². The van der Waals surface area contributed by atoms with Gasteiger partial charge in [-0.1, -0.05) is 13.8 Å². The molecule has 1 aliphatic heterocycles. The highest BCUT2D eigenvalue weighted by atomic mass is 16.5. The van der Waals surface area contributed by atoms with Gasteiger partial charge in [0.25, 0.3) is 0 Å². The van der Waals surface area contributed by atoms with E-state index in [0.29, 0.717) is 11.5 Å². The molecule has 3 heteroatoms. The second kappa shape index (κ2) is 5.68. The third kappa shape index (κ3) is 3.67. The molecule has 0 aromatic heterocycles. The van der Waals surface area contributed by atoms with E-state index in [0.717, 1.165) is 32.2 Å². The summed E-state index contributed by atoms with van der Waals surface area (Å²) in [5.41, 5.74) is 0.532. The summed E-state index contributed by atoms with van der Waals surface area (Å²) in [6.07, 6.45) is 4.05. The predicted molar refractivity (Wildman–Crippen MR) is 71.2 cm³/mol. The maximum atomic E-state index is 5.43. The van der Waals surface area contributed by atoms with Crippen molar-refractivity contribution in [3.8, 4) is 0 Å². The first-order valence-corrected chi connectivity index (χ1v) is 7.08. The van der Waals surface area contributed by atoms with E-state index in [9.17, 15) is 0 Å². The van der Waals surface area contributed by atoms with Gasteiger partial charge in [0.2, 0.25) is 0 Å². The summed E-state index contributed by atoms with van der Waals surface area (Å²) in [6.45, 7) is 10.2. The number of ether oxygens (including phenoxy) is 1. The van der Waals surface area contributed by atoms with E-state index in [4.69, 9.17) is 4.74 Å². The number of hydrogen-bond acceptors (Lipinski definition) is 3. The zero-order chi connectivity index (χ0) is 12.3. The number of morpholine rings is 1. The van der Waals surface area contributed by atoms with Gasteiger partial charge in [-0.25, -0.2) is 0 Å². The fourth-order valence-electron chi connectivity index (χ4n) is 3.42. The van der Waals surface area contributed by atoms with Crippen molar-refractivity contribution in [2.75, 3.05) is 39.9 Å². The molecule has 2 atom stereocenters. The van der Waals surface area contributed by atoms with Crippen LogP contribution in [0.2, 0.25) is 0 Å². The number of nitrogens with one attached hydrogen (secondary N) is 1. The first-order valence-electron chi connectivity index (χ1n) is 7.08. The third-order valence-corrected chi connectivity index (χ3v) is 4.48. The number of hydrogen-bond donors (Lipinski definition) is 1. The molecule has 1 aliphatic carbocycles. The monoisotopic (exact) mass is 240 g/mol. The largest absolute Gasteiger partial charge is 0.379 e. The highest BCUT2D eigenvalue weighted by Gasteiger charge is 2.35. The molecule has 2 aliphatic rings. The molecule has 0 radical (unpaired) electrons. The van der Waals surface area contributed by atoms with Gasteiger partial charge < -0.3 is 10.1 Å². The summed E-state index contributed by atoms with van der Waals surface area (Å²) in [6, 6.07) is 0.714. The molecule has 0 bridgehead atoms. The number of rotatable bonds is 3. The van der Waals surface area contributed by atoms with Gasteiger partial charge in [0.05, 0.1) is 13.2 Å². The topological polar surface area (TPSA) is 24.5 Å². The van der Waals surface area contributed by atoms with Crippen molar-refractivity contribution in [1.82, 2.24) is 10.2 Å². The molecule has 0 spiro atoms. The van der Waals surface area contributed by atoms with Gasteiger partial charge in [0, 0.05) is 25.7 Å². The normalized spacial score (nSPS) is 34.8. The first-order chi connectivity index (χ1) is 8.11. The van der Waals surface area contributed by atoms with E-state index >= 15 is 0 Å². The Morgan fingerprint density at radius 1 is 1.29 bits per heavy atom. The lowest BCUT2D eigenvalue weighted by atomic mass is 9.69. The quantitative estimate of drug-likeness (QED) is 0.813. The molecule has 1 saturated carbocycles.